The average Bonchev–Trinajstić information content (AvgIpc) is 2.50. The maximum atomic E-state index is 9.09. The lowest BCUT2D eigenvalue weighted by atomic mass is 10.0. The molecule has 2 rings (SSSR count). The molecule has 0 radical (unpaired) electrons. The Labute approximate surface area is 123 Å². The molecule has 5 heteroatoms. The van der Waals surface area contributed by atoms with E-state index >= 15 is 0 Å². The summed E-state index contributed by atoms with van der Waals surface area (Å²) < 4.78 is 0. The van der Waals surface area contributed by atoms with Crippen LogP contribution in [-0.2, 0) is 6.54 Å². The molecule has 3 N–H and O–H groups in total. The van der Waals surface area contributed by atoms with Crippen molar-refractivity contribution in [3.05, 3.63) is 53.3 Å². The summed E-state index contributed by atoms with van der Waals surface area (Å²) in [6.07, 6.45) is 1.67. The third kappa shape index (κ3) is 3.55. The van der Waals surface area contributed by atoms with Crippen molar-refractivity contribution >= 4 is 11.6 Å². The van der Waals surface area contributed by atoms with Gasteiger partial charge in [-0.2, -0.15) is 0 Å². The minimum absolute atomic E-state index is 0.130. The van der Waals surface area contributed by atoms with E-state index in [0.29, 0.717) is 11.7 Å². The zero-order valence-corrected chi connectivity index (χ0v) is 11.7. The minimum Gasteiger partial charge on any atom is -0.395 e. The second-order valence-electron chi connectivity index (χ2n) is 4.44. The van der Waals surface area contributed by atoms with Gasteiger partial charge in [-0.05, 0) is 17.2 Å². The molecule has 1 aromatic heterocycles. The van der Waals surface area contributed by atoms with Gasteiger partial charge in [-0.1, -0.05) is 41.9 Å². The van der Waals surface area contributed by atoms with Crippen LogP contribution in [0.25, 0.3) is 11.1 Å². The first kappa shape index (κ1) is 14.9. The molecule has 0 bridgehead atoms. The van der Waals surface area contributed by atoms with Crippen LogP contribution in [0.5, 0.6) is 0 Å². The highest BCUT2D eigenvalue weighted by Crippen LogP contribution is 2.27. The van der Waals surface area contributed by atoms with Crippen LogP contribution in [0.15, 0.2) is 42.6 Å². The molecule has 4 nitrogen and oxygen atoms in total. The fraction of sp³-hybridized carbons (Fsp3) is 0.267. The molecule has 0 amide bonds. The van der Waals surface area contributed by atoms with Crippen LogP contribution in [0.2, 0.25) is 5.15 Å². The lowest BCUT2D eigenvalue weighted by Gasteiger charge is -2.16. The van der Waals surface area contributed by atoms with E-state index in [2.05, 4.69) is 10.3 Å². The Morgan fingerprint density at radius 3 is 2.45 bits per heavy atom. The van der Waals surface area contributed by atoms with E-state index in [0.717, 1.165) is 16.7 Å². The number of hydrogen-bond donors (Lipinski definition) is 3. The predicted octanol–water partition coefficient (Wildman–Crippen LogP) is 1.84. The van der Waals surface area contributed by atoms with Crippen molar-refractivity contribution < 1.29 is 10.2 Å². The fourth-order valence-corrected chi connectivity index (χ4v) is 2.18. The number of benzene rings is 1. The predicted molar refractivity (Wildman–Crippen MR) is 79.5 cm³/mol. The Balaban J connectivity index is 2.28. The molecule has 1 heterocycles. The first-order valence-corrected chi connectivity index (χ1v) is 6.78. The summed E-state index contributed by atoms with van der Waals surface area (Å²) in [6, 6.07) is 11.4. The summed E-state index contributed by atoms with van der Waals surface area (Å²) in [6.45, 7) is 0.173. The third-order valence-electron chi connectivity index (χ3n) is 3.10. The standard InChI is InChI=1S/C15H17ClN2O2/c16-15-14(8-18-12(9-19)10-20)13(6-7-17-15)11-4-2-1-3-5-11/h1-7,12,18-20H,8-10H2. The lowest BCUT2D eigenvalue weighted by molar-refractivity contribution is 0.170. The number of rotatable bonds is 6. The van der Waals surface area contributed by atoms with Gasteiger partial charge in [0.05, 0.1) is 19.3 Å². The van der Waals surface area contributed by atoms with E-state index in [1.807, 2.05) is 36.4 Å². The molecule has 1 aromatic carbocycles. The monoisotopic (exact) mass is 292 g/mol. The van der Waals surface area contributed by atoms with Crippen LogP contribution in [0.4, 0.5) is 0 Å². The maximum Gasteiger partial charge on any atom is 0.134 e. The van der Waals surface area contributed by atoms with Crippen molar-refractivity contribution in [2.75, 3.05) is 13.2 Å². The molecule has 0 aliphatic heterocycles. The first-order valence-electron chi connectivity index (χ1n) is 6.40. The van der Waals surface area contributed by atoms with Crippen LogP contribution in [-0.4, -0.2) is 34.5 Å². The van der Waals surface area contributed by atoms with Gasteiger partial charge in [-0.15, -0.1) is 0 Å². The van der Waals surface area contributed by atoms with Crippen LogP contribution in [0, 0.1) is 0 Å². The van der Waals surface area contributed by atoms with Crippen molar-refractivity contribution in [3.8, 4) is 11.1 Å². The van der Waals surface area contributed by atoms with Crippen molar-refractivity contribution in [1.29, 1.82) is 0 Å². The smallest absolute Gasteiger partial charge is 0.134 e. The van der Waals surface area contributed by atoms with Gasteiger partial charge < -0.3 is 15.5 Å². The van der Waals surface area contributed by atoms with Crippen LogP contribution in [0.3, 0.4) is 0 Å². The van der Waals surface area contributed by atoms with Gasteiger partial charge in [0.2, 0.25) is 0 Å². The molecule has 0 spiro atoms. The summed E-state index contributed by atoms with van der Waals surface area (Å²) in [5.41, 5.74) is 2.90. The number of aliphatic hydroxyl groups is 2. The van der Waals surface area contributed by atoms with E-state index in [9.17, 15) is 0 Å². The first-order chi connectivity index (χ1) is 9.76. The second kappa shape index (κ2) is 7.36. The summed E-state index contributed by atoms with van der Waals surface area (Å²) >= 11 is 6.17. The average molecular weight is 293 g/mol. The quantitative estimate of drug-likeness (QED) is 0.711. The highest BCUT2D eigenvalue weighted by atomic mass is 35.5. The van der Waals surface area contributed by atoms with Gasteiger partial charge in [0, 0.05) is 18.3 Å². The summed E-state index contributed by atoms with van der Waals surface area (Å²) in [4.78, 5) is 4.10. The number of hydrogen-bond acceptors (Lipinski definition) is 4. The highest BCUT2D eigenvalue weighted by Gasteiger charge is 2.12. The molecule has 106 valence electrons. The van der Waals surface area contributed by atoms with Gasteiger partial charge in [0.1, 0.15) is 5.15 Å². The van der Waals surface area contributed by atoms with Crippen molar-refractivity contribution in [2.24, 2.45) is 0 Å². The number of aromatic nitrogens is 1. The van der Waals surface area contributed by atoms with E-state index in [1.165, 1.54) is 0 Å². The molecule has 2 aromatic rings. The molecular weight excluding hydrogens is 276 g/mol. The van der Waals surface area contributed by atoms with Gasteiger partial charge in [-0.3, -0.25) is 0 Å². The molecular formula is C15H17ClN2O2. The minimum atomic E-state index is -0.366. The Hall–Kier alpha value is -1.46. The normalized spacial score (nSPS) is 11.0. The Bertz CT molecular complexity index is 545. The molecule has 0 fully saturated rings. The number of pyridine rings is 1. The maximum absolute atomic E-state index is 9.09. The molecule has 0 atom stereocenters. The fourth-order valence-electron chi connectivity index (χ4n) is 1.96. The summed E-state index contributed by atoms with van der Waals surface area (Å²) in [7, 11) is 0. The van der Waals surface area contributed by atoms with Gasteiger partial charge in [0.15, 0.2) is 0 Å². The zero-order chi connectivity index (χ0) is 14.4. The molecule has 0 aliphatic carbocycles. The highest BCUT2D eigenvalue weighted by molar-refractivity contribution is 6.30. The molecule has 0 aliphatic rings. The van der Waals surface area contributed by atoms with Crippen molar-refractivity contribution in [2.45, 2.75) is 12.6 Å². The van der Waals surface area contributed by atoms with Gasteiger partial charge in [0.25, 0.3) is 0 Å². The van der Waals surface area contributed by atoms with Crippen LogP contribution < -0.4 is 5.32 Å². The van der Waals surface area contributed by atoms with E-state index in [1.54, 1.807) is 6.20 Å². The number of halogens is 1. The van der Waals surface area contributed by atoms with Gasteiger partial charge >= 0.3 is 0 Å². The summed E-state index contributed by atoms with van der Waals surface area (Å²) in [5.74, 6) is 0. The van der Waals surface area contributed by atoms with E-state index in [4.69, 9.17) is 21.8 Å². The van der Waals surface area contributed by atoms with Crippen molar-refractivity contribution in [3.63, 3.8) is 0 Å². The second-order valence-corrected chi connectivity index (χ2v) is 4.79. The van der Waals surface area contributed by atoms with Crippen LogP contribution >= 0.6 is 11.6 Å². The Morgan fingerprint density at radius 2 is 1.80 bits per heavy atom. The summed E-state index contributed by atoms with van der Waals surface area (Å²) in [5, 5.41) is 21.7. The number of nitrogens with zero attached hydrogens (tertiary/aromatic N) is 1. The van der Waals surface area contributed by atoms with Crippen LogP contribution in [0.1, 0.15) is 5.56 Å². The largest absolute Gasteiger partial charge is 0.395 e. The number of aliphatic hydroxyl groups excluding tert-OH is 2. The molecule has 20 heavy (non-hydrogen) atoms. The molecule has 0 unspecified atom stereocenters. The topological polar surface area (TPSA) is 65.4 Å². The lowest BCUT2D eigenvalue weighted by Crippen LogP contribution is -2.35. The Kier molecular flexibility index (Phi) is 5.49. The Morgan fingerprint density at radius 1 is 1.10 bits per heavy atom. The SMILES string of the molecule is OCC(CO)NCc1c(-c2ccccc2)ccnc1Cl. The van der Waals surface area contributed by atoms with Crippen molar-refractivity contribution in [1.82, 2.24) is 10.3 Å². The third-order valence-corrected chi connectivity index (χ3v) is 3.42. The molecule has 0 saturated carbocycles. The zero-order valence-electron chi connectivity index (χ0n) is 11.0. The van der Waals surface area contributed by atoms with Gasteiger partial charge in [-0.25, -0.2) is 4.98 Å². The van der Waals surface area contributed by atoms with E-state index in [-0.39, 0.29) is 19.3 Å². The number of nitrogens with one attached hydrogen (secondary N) is 1. The van der Waals surface area contributed by atoms with E-state index < -0.39 is 0 Å². The molecule has 0 saturated heterocycles.